The second-order valence-electron chi connectivity index (χ2n) is 9.02. The van der Waals surface area contributed by atoms with Crippen molar-refractivity contribution in [3.8, 4) is 0 Å². The molecule has 0 heterocycles. The predicted octanol–water partition coefficient (Wildman–Crippen LogP) is 5.48. The van der Waals surface area contributed by atoms with E-state index in [0.29, 0.717) is 0 Å². The molecule has 0 amide bonds. The smallest absolute Gasteiger partial charge is 0.362 e. The van der Waals surface area contributed by atoms with E-state index in [1.54, 1.807) is 6.08 Å². The maximum atomic E-state index is 11.7. The Labute approximate surface area is 194 Å². The van der Waals surface area contributed by atoms with Crippen LogP contribution in [0.15, 0.2) is 12.2 Å². The molecule has 7 nitrogen and oxygen atoms in total. The summed E-state index contributed by atoms with van der Waals surface area (Å²) in [6.07, 6.45) is 18.4. The van der Waals surface area contributed by atoms with Gasteiger partial charge in [-0.25, -0.2) is 14.4 Å². The zero-order chi connectivity index (χ0) is 24.6. The lowest BCUT2D eigenvalue weighted by Gasteiger charge is -2.46. The fourth-order valence-electron chi connectivity index (χ4n) is 4.40. The van der Waals surface area contributed by atoms with Gasteiger partial charge in [-0.2, -0.15) is 0 Å². The van der Waals surface area contributed by atoms with E-state index in [4.69, 9.17) is 0 Å². The molecule has 0 saturated carbocycles. The van der Waals surface area contributed by atoms with Gasteiger partial charge in [-0.1, -0.05) is 77.2 Å². The summed E-state index contributed by atoms with van der Waals surface area (Å²) in [6.45, 7) is 6.44. The SMILES string of the molecule is CCCCCCCCCCCCC/C=C/C[N+](C(C)C(=O)O)(C(C)C(=O)O)C(C)C(=O)O. The van der Waals surface area contributed by atoms with Gasteiger partial charge >= 0.3 is 17.9 Å². The molecule has 0 bridgehead atoms. The van der Waals surface area contributed by atoms with Crippen molar-refractivity contribution in [1.29, 1.82) is 0 Å². The maximum absolute atomic E-state index is 11.7. The molecule has 3 unspecified atom stereocenters. The van der Waals surface area contributed by atoms with Crippen LogP contribution in [0.4, 0.5) is 0 Å². The number of aliphatic carboxylic acids is 3. The van der Waals surface area contributed by atoms with Gasteiger partial charge in [-0.15, -0.1) is 0 Å². The van der Waals surface area contributed by atoms with Crippen LogP contribution in [0, 0.1) is 0 Å². The van der Waals surface area contributed by atoms with Gasteiger partial charge in [0.25, 0.3) is 0 Å². The highest BCUT2D eigenvalue weighted by atomic mass is 16.4. The number of carboxylic acids is 3. The van der Waals surface area contributed by atoms with E-state index >= 15 is 0 Å². The molecule has 0 aromatic carbocycles. The summed E-state index contributed by atoms with van der Waals surface area (Å²) in [5.41, 5.74) is 0. The topological polar surface area (TPSA) is 112 Å². The Morgan fingerprint density at radius 3 is 1.31 bits per heavy atom. The van der Waals surface area contributed by atoms with E-state index in [1.807, 2.05) is 6.08 Å². The molecule has 186 valence electrons. The Hall–Kier alpha value is -1.89. The summed E-state index contributed by atoms with van der Waals surface area (Å²) in [5.74, 6) is -3.61. The van der Waals surface area contributed by atoms with Crippen LogP contribution >= 0.6 is 0 Å². The number of allylic oxidation sites excluding steroid dienone is 1. The van der Waals surface area contributed by atoms with E-state index in [0.717, 1.165) is 19.3 Å². The summed E-state index contributed by atoms with van der Waals surface area (Å²) >= 11 is 0. The number of quaternary nitrogens is 1. The summed E-state index contributed by atoms with van der Waals surface area (Å²) < 4.78 is -0.561. The van der Waals surface area contributed by atoms with E-state index in [-0.39, 0.29) is 6.54 Å². The van der Waals surface area contributed by atoms with Gasteiger partial charge in [0.05, 0.1) is 6.54 Å². The summed E-state index contributed by atoms with van der Waals surface area (Å²) in [7, 11) is 0. The number of nitrogens with zero attached hydrogens (tertiary/aromatic N) is 1. The average molecular weight is 457 g/mol. The molecule has 0 saturated heterocycles. The zero-order valence-electron chi connectivity index (χ0n) is 20.6. The lowest BCUT2D eigenvalue weighted by molar-refractivity contribution is -0.962. The molecule has 3 N–H and O–H groups in total. The molecule has 0 aliphatic carbocycles. The number of rotatable bonds is 20. The number of carbonyl (C=O) groups is 3. The highest BCUT2D eigenvalue weighted by Gasteiger charge is 2.52. The molecule has 0 spiro atoms. The minimum atomic E-state index is -1.20. The molecule has 7 heteroatoms. The van der Waals surface area contributed by atoms with Crippen molar-refractivity contribution >= 4 is 17.9 Å². The normalized spacial score (nSPS) is 16.4. The Morgan fingerprint density at radius 2 is 0.969 bits per heavy atom. The fraction of sp³-hybridized carbons (Fsp3) is 0.800. The monoisotopic (exact) mass is 456 g/mol. The third-order valence-corrected chi connectivity index (χ3v) is 6.80. The number of hydrogen-bond donors (Lipinski definition) is 3. The number of unbranched alkanes of at least 4 members (excludes halogenated alkanes) is 11. The van der Waals surface area contributed by atoms with Crippen LogP contribution in [0.5, 0.6) is 0 Å². The van der Waals surface area contributed by atoms with Gasteiger partial charge in [-0.05, 0) is 39.7 Å². The Morgan fingerprint density at radius 1 is 0.625 bits per heavy atom. The molecule has 32 heavy (non-hydrogen) atoms. The van der Waals surface area contributed by atoms with Crippen molar-refractivity contribution in [2.45, 2.75) is 123 Å². The van der Waals surface area contributed by atoms with Crippen LogP contribution in [0.1, 0.15) is 105 Å². The van der Waals surface area contributed by atoms with Crippen LogP contribution < -0.4 is 0 Å². The highest BCUT2D eigenvalue weighted by molar-refractivity contribution is 5.77. The van der Waals surface area contributed by atoms with Gasteiger partial charge in [0.15, 0.2) is 18.1 Å². The van der Waals surface area contributed by atoms with Crippen molar-refractivity contribution < 1.29 is 34.2 Å². The molecular formula is C25H46NO6+. The lowest BCUT2D eigenvalue weighted by Crippen LogP contribution is -2.70. The Kier molecular flexibility index (Phi) is 15.7. The quantitative estimate of drug-likeness (QED) is 0.127. The Bertz CT molecular complexity index is 539. The molecule has 0 fully saturated rings. The molecule has 0 radical (unpaired) electrons. The maximum Gasteiger partial charge on any atom is 0.362 e. The van der Waals surface area contributed by atoms with Gasteiger partial charge in [0.1, 0.15) is 0 Å². The molecule has 0 aliphatic rings. The van der Waals surface area contributed by atoms with Crippen molar-refractivity contribution in [2.24, 2.45) is 0 Å². The molecular weight excluding hydrogens is 410 g/mol. The zero-order valence-corrected chi connectivity index (χ0v) is 20.6. The van der Waals surface area contributed by atoms with E-state index in [9.17, 15) is 29.7 Å². The van der Waals surface area contributed by atoms with Gasteiger partial charge in [-0.3, -0.25) is 4.48 Å². The first kappa shape index (κ1) is 30.1. The third kappa shape index (κ3) is 10.2. The van der Waals surface area contributed by atoms with Gasteiger partial charge < -0.3 is 15.3 Å². The highest BCUT2D eigenvalue weighted by Crippen LogP contribution is 2.26. The lowest BCUT2D eigenvalue weighted by atomic mass is 10.0. The predicted molar refractivity (Wildman–Crippen MR) is 127 cm³/mol. The minimum absolute atomic E-state index is 0.0480. The van der Waals surface area contributed by atoms with Crippen molar-refractivity contribution in [2.75, 3.05) is 6.54 Å². The number of carboxylic acid groups (broad SMARTS) is 3. The minimum Gasteiger partial charge on any atom is -0.477 e. The van der Waals surface area contributed by atoms with Crippen LogP contribution in [-0.4, -0.2) is 62.4 Å². The van der Waals surface area contributed by atoms with Crippen LogP contribution in [0.25, 0.3) is 0 Å². The fourth-order valence-corrected chi connectivity index (χ4v) is 4.40. The molecule has 0 rings (SSSR count). The molecule has 0 aliphatic heterocycles. The van der Waals surface area contributed by atoms with E-state index in [1.165, 1.54) is 78.6 Å². The first-order valence-electron chi connectivity index (χ1n) is 12.3. The average Bonchev–Trinajstić information content (AvgIpc) is 2.75. The van der Waals surface area contributed by atoms with Crippen molar-refractivity contribution in [1.82, 2.24) is 0 Å². The standard InChI is InChI=1S/C25H45NO6/c1-5-6-7-8-9-10-11-12-13-14-15-16-17-18-19-26(20(2)23(27)28,21(3)24(29)30)22(4)25(31)32/h17-18,20-22H,5-16,19H2,1-4H3,(H2-,27,28,29,30,31,32)/p+1/b18-17+. The largest absolute Gasteiger partial charge is 0.477 e. The van der Waals surface area contributed by atoms with Crippen molar-refractivity contribution in [3.05, 3.63) is 12.2 Å². The molecule has 3 atom stereocenters. The Balaban J connectivity index is 4.62. The van der Waals surface area contributed by atoms with Gasteiger partial charge in [0.2, 0.25) is 0 Å². The summed E-state index contributed by atoms with van der Waals surface area (Å²) in [4.78, 5) is 35.2. The molecule has 0 aromatic heterocycles. The van der Waals surface area contributed by atoms with Gasteiger partial charge in [0, 0.05) is 0 Å². The van der Waals surface area contributed by atoms with E-state index < -0.39 is 40.5 Å². The second kappa shape index (κ2) is 16.7. The third-order valence-electron chi connectivity index (χ3n) is 6.80. The second-order valence-corrected chi connectivity index (χ2v) is 9.02. The summed E-state index contributed by atoms with van der Waals surface area (Å²) in [5, 5.41) is 28.7. The van der Waals surface area contributed by atoms with Crippen LogP contribution in [0.3, 0.4) is 0 Å². The van der Waals surface area contributed by atoms with Crippen LogP contribution in [-0.2, 0) is 14.4 Å². The van der Waals surface area contributed by atoms with E-state index in [2.05, 4.69) is 6.92 Å². The van der Waals surface area contributed by atoms with Crippen LogP contribution in [0.2, 0.25) is 0 Å². The molecule has 0 aromatic rings. The van der Waals surface area contributed by atoms with Crippen molar-refractivity contribution in [3.63, 3.8) is 0 Å². The first-order chi connectivity index (χ1) is 15.1. The summed E-state index contributed by atoms with van der Waals surface area (Å²) in [6, 6.07) is -3.50. The first-order valence-corrected chi connectivity index (χ1v) is 12.3. The number of hydrogen-bond acceptors (Lipinski definition) is 3.